The van der Waals surface area contributed by atoms with Gasteiger partial charge in [0.1, 0.15) is 11.4 Å². The van der Waals surface area contributed by atoms with Crippen LogP contribution in [0.2, 0.25) is 0 Å². The van der Waals surface area contributed by atoms with Gasteiger partial charge in [-0.05, 0) is 56.9 Å². The maximum absolute atomic E-state index is 13.4. The third kappa shape index (κ3) is 3.70. The van der Waals surface area contributed by atoms with E-state index in [2.05, 4.69) is 4.72 Å². The molecule has 31 heavy (non-hydrogen) atoms. The molecule has 1 atom stereocenters. The van der Waals surface area contributed by atoms with Crippen molar-refractivity contribution in [3.8, 4) is 5.75 Å². The van der Waals surface area contributed by atoms with Gasteiger partial charge in [0, 0.05) is 18.5 Å². The van der Waals surface area contributed by atoms with E-state index in [4.69, 9.17) is 4.74 Å². The molecule has 0 bridgehead atoms. The van der Waals surface area contributed by atoms with Crippen LogP contribution < -0.4 is 14.3 Å². The number of hydrogen-bond donors (Lipinski definition) is 1. The highest BCUT2D eigenvalue weighted by Gasteiger charge is 2.42. The number of hydrogen-bond acceptors (Lipinski definition) is 5. The highest BCUT2D eigenvalue weighted by Crippen LogP contribution is 2.46. The Morgan fingerprint density at radius 1 is 1.16 bits per heavy atom. The summed E-state index contributed by atoms with van der Waals surface area (Å²) in [5.41, 5.74) is 1.35. The normalized spacial score (nSPS) is 20.5. The van der Waals surface area contributed by atoms with Gasteiger partial charge in [-0.3, -0.25) is 9.36 Å². The number of benzene rings is 2. The Bertz CT molecular complexity index is 1290. The second-order valence-corrected chi connectivity index (χ2v) is 11.2. The van der Waals surface area contributed by atoms with Crippen LogP contribution in [0.1, 0.15) is 57.1 Å². The molecule has 6 nitrogen and oxygen atoms in total. The van der Waals surface area contributed by atoms with Crippen LogP contribution in [0.3, 0.4) is 0 Å². The lowest BCUT2D eigenvalue weighted by Crippen LogP contribution is -2.46. The van der Waals surface area contributed by atoms with Gasteiger partial charge in [-0.1, -0.05) is 36.0 Å². The van der Waals surface area contributed by atoms with E-state index in [-0.39, 0.29) is 21.4 Å². The number of sulfonamides is 1. The van der Waals surface area contributed by atoms with Crippen LogP contribution in [-0.4, -0.2) is 18.6 Å². The summed E-state index contributed by atoms with van der Waals surface area (Å²) >= 11 is 1.08. The van der Waals surface area contributed by atoms with Crippen molar-refractivity contribution >= 4 is 31.6 Å². The molecule has 0 unspecified atom stereocenters. The van der Waals surface area contributed by atoms with Crippen LogP contribution in [0.5, 0.6) is 5.75 Å². The summed E-state index contributed by atoms with van der Waals surface area (Å²) in [5.74, 6) is 0.775. The minimum Gasteiger partial charge on any atom is -0.487 e. The van der Waals surface area contributed by atoms with Gasteiger partial charge in [0.25, 0.3) is 0 Å². The lowest BCUT2D eigenvalue weighted by molar-refractivity contribution is 0.0000754. The summed E-state index contributed by atoms with van der Waals surface area (Å²) in [6.07, 6.45) is 5.93. The monoisotopic (exact) mass is 458 g/mol. The second kappa shape index (κ2) is 7.76. The molecule has 1 N–H and O–H groups in total. The molecule has 8 heteroatoms. The third-order valence-electron chi connectivity index (χ3n) is 6.53. The molecule has 1 saturated carbocycles. The topological polar surface area (TPSA) is 77.4 Å². The zero-order chi connectivity index (χ0) is 21.6. The van der Waals surface area contributed by atoms with Crippen LogP contribution in [0.15, 0.2) is 52.2 Å². The van der Waals surface area contributed by atoms with E-state index >= 15 is 0 Å². The van der Waals surface area contributed by atoms with Crippen molar-refractivity contribution in [2.45, 2.75) is 68.5 Å². The molecular formula is C23H26N2O4S2. The number of para-hydroxylation sites is 1. The molecule has 0 radical (unpaired) electrons. The van der Waals surface area contributed by atoms with Gasteiger partial charge in [0.05, 0.1) is 21.2 Å². The SMILES string of the molecule is CCn1c(=O)sc2cc(S(=O)(=O)N[C@@H]3CC4(CCCCC4)Oc4ccccc43)ccc21. The predicted molar refractivity (Wildman–Crippen MR) is 122 cm³/mol. The number of thiazole rings is 1. The fourth-order valence-corrected chi connectivity index (χ4v) is 7.30. The van der Waals surface area contributed by atoms with Gasteiger partial charge in [-0.25, -0.2) is 13.1 Å². The standard InChI is InChI=1S/C23H26N2O4S2/c1-2-25-19-11-10-16(14-21(19)30-22(25)26)31(27,28)24-18-15-23(12-6-3-7-13-23)29-20-9-5-4-8-17(18)20/h4-5,8-11,14,18,24H,2-3,6-7,12-13,15H2,1H3/t18-/m1/s1. The predicted octanol–water partition coefficient (Wildman–Crippen LogP) is 4.59. The maximum Gasteiger partial charge on any atom is 0.308 e. The van der Waals surface area contributed by atoms with Crippen LogP contribution in [0.25, 0.3) is 10.2 Å². The summed E-state index contributed by atoms with van der Waals surface area (Å²) in [7, 11) is -3.77. The first-order valence-electron chi connectivity index (χ1n) is 10.8. The smallest absolute Gasteiger partial charge is 0.308 e. The van der Waals surface area contributed by atoms with E-state index in [9.17, 15) is 13.2 Å². The van der Waals surface area contributed by atoms with Gasteiger partial charge in [-0.15, -0.1) is 0 Å². The summed E-state index contributed by atoms with van der Waals surface area (Å²) in [4.78, 5) is 12.3. The van der Waals surface area contributed by atoms with Gasteiger partial charge < -0.3 is 4.74 Å². The fourth-order valence-electron chi connectivity index (χ4n) is 4.99. The average Bonchev–Trinajstić information content (AvgIpc) is 3.08. The summed E-state index contributed by atoms with van der Waals surface area (Å²) in [6, 6.07) is 12.3. The molecule has 2 aliphatic rings. The number of aromatic nitrogens is 1. The van der Waals surface area contributed by atoms with Crippen molar-refractivity contribution in [1.82, 2.24) is 9.29 Å². The van der Waals surface area contributed by atoms with Crippen molar-refractivity contribution in [2.24, 2.45) is 0 Å². The molecule has 164 valence electrons. The van der Waals surface area contributed by atoms with Crippen molar-refractivity contribution in [3.05, 3.63) is 57.7 Å². The van der Waals surface area contributed by atoms with E-state index in [1.165, 1.54) is 6.42 Å². The second-order valence-electron chi connectivity index (χ2n) is 8.50. The zero-order valence-electron chi connectivity index (χ0n) is 17.5. The van der Waals surface area contributed by atoms with E-state index in [1.54, 1.807) is 22.8 Å². The summed E-state index contributed by atoms with van der Waals surface area (Å²) in [5, 5.41) is 0. The summed E-state index contributed by atoms with van der Waals surface area (Å²) < 4.78 is 38.4. The van der Waals surface area contributed by atoms with Crippen LogP contribution in [0, 0.1) is 0 Å². The molecule has 1 spiro atoms. The Kier molecular flexibility index (Phi) is 5.19. The number of fused-ring (bicyclic) bond motifs is 2. The van der Waals surface area contributed by atoms with Gasteiger partial charge in [0.2, 0.25) is 10.0 Å². The highest BCUT2D eigenvalue weighted by atomic mass is 32.2. The highest BCUT2D eigenvalue weighted by molar-refractivity contribution is 7.89. The maximum atomic E-state index is 13.4. The van der Waals surface area contributed by atoms with Gasteiger partial charge in [-0.2, -0.15) is 0 Å². The molecule has 3 aromatic rings. The fraction of sp³-hybridized carbons (Fsp3) is 0.435. The first-order chi connectivity index (χ1) is 14.9. The molecule has 5 rings (SSSR count). The molecule has 0 saturated heterocycles. The van der Waals surface area contributed by atoms with Gasteiger partial charge in [0.15, 0.2) is 0 Å². The number of rotatable bonds is 4. The van der Waals surface area contributed by atoms with E-state index in [0.717, 1.165) is 53.8 Å². The molecule has 0 amide bonds. The van der Waals surface area contributed by atoms with E-state index < -0.39 is 10.0 Å². The minimum absolute atomic E-state index is 0.0717. The number of nitrogens with one attached hydrogen (secondary N) is 1. The number of ether oxygens (including phenoxy) is 1. The molecule has 2 aromatic carbocycles. The molecule has 1 aliphatic heterocycles. The van der Waals surface area contributed by atoms with E-state index in [0.29, 0.717) is 17.7 Å². The van der Waals surface area contributed by atoms with Gasteiger partial charge >= 0.3 is 4.87 Å². The Hall–Kier alpha value is -2.16. The molecular weight excluding hydrogens is 432 g/mol. The Morgan fingerprint density at radius 2 is 1.94 bits per heavy atom. The lowest BCUT2D eigenvalue weighted by Gasteiger charge is -2.44. The van der Waals surface area contributed by atoms with Crippen molar-refractivity contribution < 1.29 is 13.2 Å². The first kappa shape index (κ1) is 20.7. The molecule has 2 heterocycles. The lowest BCUT2D eigenvalue weighted by atomic mass is 9.77. The van der Waals surface area contributed by atoms with Crippen LogP contribution >= 0.6 is 11.3 Å². The van der Waals surface area contributed by atoms with Crippen LogP contribution in [-0.2, 0) is 16.6 Å². The molecule has 1 aliphatic carbocycles. The number of nitrogens with zero attached hydrogens (tertiary/aromatic N) is 1. The van der Waals surface area contributed by atoms with Crippen molar-refractivity contribution in [2.75, 3.05) is 0 Å². The van der Waals surface area contributed by atoms with Crippen molar-refractivity contribution in [3.63, 3.8) is 0 Å². The van der Waals surface area contributed by atoms with Crippen LogP contribution in [0.4, 0.5) is 0 Å². The average molecular weight is 459 g/mol. The third-order valence-corrected chi connectivity index (χ3v) is 8.94. The quantitative estimate of drug-likeness (QED) is 0.620. The van der Waals surface area contributed by atoms with E-state index in [1.807, 2.05) is 31.2 Å². The Labute approximate surface area is 185 Å². The molecule has 1 fully saturated rings. The zero-order valence-corrected chi connectivity index (χ0v) is 19.1. The molecule has 1 aromatic heterocycles. The number of aryl methyl sites for hydroxylation is 1. The summed E-state index contributed by atoms with van der Waals surface area (Å²) in [6.45, 7) is 2.47. The van der Waals surface area contributed by atoms with Crippen molar-refractivity contribution in [1.29, 1.82) is 0 Å². The first-order valence-corrected chi connectivity index (χ1v) is 13.1. The Balaban J connectivity index is 1.50. The Morgan fingerprint density at radius 3 is 2.71 bits per heavy atom. The minimum atomic E-state index is -3.77. The largest absolute Gasteiger partial charge is 0.487 e.